The molecular weight excluding hydrogens is 591 g/mol. The molecule has 0 spiro atoms. The van der Waals surface area contributed by atoms with Crippen LogP contribution in [-0.4, -0.2) is 0 Å². The lowest BCUT2D eigenvalue weighted by atomic mass is 9.89. The average Bonchev–Trinajstić information content (AvgIpc) is 3.19. The fourth-order valence-corrected chi connectivity index (χ4v) is 7.29. The van der Waals surface area contributed by atoms with Crippen molar-refractivity contribution in [2.45, 2.75) is 0 Å². The van der Waals surface area contributed by atoms with Crippen LogP contribution in [0, 0.1) is 0 Å². The molecule has 0 saturated carbocycles. The largest absolute Gasteiger partial charge is 0.309 e. The third-order valence-electron chi connectivity index (χ3n) is 9.61. The molecule has 0 unspecified atom stereocenters. The molecule has 0 heterocycles. The molecule has 0 amide bonds. The second-order valence-corrected chi connectivity index (χ2v) is 12.5. The Morgan fingerprint density at radius 2 is 0.776 bits per heavy atom. The van der Waals surface area contributed by atoms with Crippen LogP contribution in [0.25, 0.3) is 65.7 Å². The van der Waals surface area contributed by atoms with E-state index in [1.165, 1.54) is 71.4 Å². The summed E-state index contributed by atoms with van der Waals surface area (Å²) in [5, 5.41) is 7.40. The first-order chi connectivity index (χ1) is 24.3. The molecule has 0 N–H and O–H groups in total. The van der Waals surface area contributed by atoms with Crippen LogP contribution in [0.5, 0.6) is 0 Å². The zero-order valence-corrected chi connectivity index (χ0v) is 27.0. The molecule has 0 aliphatic carbocycles. The maximum absolute atomic E-state index is 2.47. The second kappa shape index (κ2) is 12.3. The van der Waals surface area contributed by atoms with E-state index in [1.54, 1.807) is 0 Å². The molecule has 0 aliphatic heterocycles. The molecule has 0 saturated heterocycles. The second-order valence-electron chi connectivity index (χ2n) is 12.5. The van der Waals surface area contributed by atoms with Crippen molar-refractivity contribution in [2.24, 2.45) is 0 Å². The van der Waals surface area contributed by atoms with E-state index in [9.17, 15) is 0 Å². The van der Waals surface area contributed by atoms with E-state index in [4.69, 9.17) is 0 Å². The molecule has 9 aromatic carbocycles. The number of rotatable bonds is 6. The van der Waals surface area contributed by atoms with Crippen molar-refractivity contribution in [3.05, 3.63) is 200 Å². The fourth-order valence-electron chi connectivity index (χ4n) is 7.29. The highest BCUT2D eigenvalue weighted by molar-refractivity contribution is 6.22. The summed E-state index contributed by atoms with van der Waals surface area (Å²) in [5.41, 5.74) is 10.6. The van der Waals surface area contributed by atoms with Gasteiger partial charge in [0.1, 0.15) is 0 Å². The van der Waals surface area contributed by atoms with Crippen LogP contribution < -0.4 is 4.90 Å². The number of anilines is 3. The topological polar surface area (TPSA) is 3.24 Å². The molecule has 0 bridgehead atoms. The molecule has 0 aliphatic rings. The van der Waals surface area contributed by atoms with Gasteiger partial charge in [0.2, 0.25) is 0 Å². The van der Waals surface area contributed by atoms with Crippen molar-refractivity contribution >= 4 is 49.4 Å². The van der Waals surface area contributed by atoms with Gasteiger partial charge >= 0.3 is 0 Å². The molecule has 1 nitrogen and oxygen atoms in total. The lowest BCUT2D eigenvalue weighted by molar-refractivity contribution is 1.30. The van der Waals surface area contributed by atoms with Crippen molar-refractivity contribution in [2.75, 3.05) is 4.90 Å². The average molecular weight is 624 g/mol. The summed E-state index contributed by atoms with van der Waals surface area (Å²) < 4.78 is 0. The Bertz CT molecular complexity index is 2590. The van der Waals surface area contributed by atoms with Gasteiger partial charge in [0.25, 0.3) is 0 Å². The molecule has 1 heteroatoms. The van der Waals surface area contributed by atoms with E-state index in [0.717, 1.165) is 11.4 Å². The summed E-state index contributed by atoms with van der Waals surface area (Å²) in [6, 6.07) is 72.5. The van der Waals surface area contributed by atoms with Gasteiger partial charge in [-0.05, 0) is 85.1 Å². The Kier molecular flexibility index (Phi) is 7.22. The monoisotopic (exact) mass is 623 g/mol. The van der Waals surface area contributed by atoms with E-state index >= 15 is 0 Å². The maximum Gasteiger partial charge on any atom is 0.0624 e. The zero-order valence-electron chi connectivity index (χ0n) is 27.0. The Morgan fingerprint density at radius 1 is 0.265 bits per heavy atom. The van der Waals surface area contributed by atoms with Gasteiger partial charge in [-0.3, -0.25) is 0 Å². The molecule has 9 aromatic rings. The molecular formula is C48H33N. The van der Waals surface area contributed by atoms with Crippen LogP contribution >= 0.6 is 0 Å². The number of hydrogen-bond donors (Lipinski definition) is 0. The first-order valence-corrected chi connectivity index (χ1v) is 16.9. The Balaban J connectivity index is 1.38. The summed E-state index contributed by atoms with van der Waals surface area (Å²) >= 11 is 0. The van der Waals surface area contributed by atoms with Gasteiger partial charge in [0, 0.05) is 22.3 Å². The van der Waals surface area contributed by atoms with Crippen LogP contribution in [0.15, 0.2) is 200 Å². The number of hydrogen-bond acceptors (Lipinski definition) is 1. The Labute approximate surface area is 287 Å². The minimum atomic E-state index is 1.10. The molecule has 9 rings (SSSR count). The smallest absolute Gasteiger partial charge is 0.0624 e. The minimum Gasteiger partial charge on any atom is -0.309 e. The van der Waals surface area contributed by atoms with E-state index in [2.05, 4.69) is 205 Å². The molecule has 49 heavy (non-hydrogen) atoms. The first-order valence-electron chi connectivity index (χ1n) is 16.9. The Hall–Kier alpha value is -6.44. The van der Waals surface area contributed by atoms with Crippen molar-refractivity contribution < 1.29 is 0 Å². The number of fused-ring (bicyclic) bond motifs is 4. The highest BCUT2D eigenvalue weighted by Crippen LogP contribution is 2.50. The minimum absolute atomic E-state index is 1.10. The Morgan fingerprint density at radius 3 is 1.49 bits per heavy atom. The maximum atomic E-state index is 2.47. The quantitative estimate of drug-likeness (QED) is 0.167. The highest BCUT2D eigenvalue weighted by atomic mass is 15.1. The van der Waals surface area contributed by atoms with Crippen LogP contribution in [0.4, 0.5) is 17.1 Å². The lowest BCUT2D eigenvalue weighted by Gasteiger charge is -2.31. The van der Waals surface area contributed by atoms with Crippen LogP contribution in [0.2, 0.25) is 0 Å². The van der Waals surface area contributed by atoms with Crippen LogP contribution in [-0.2, 0) is 0 Å². The van der Waals surface area contributed by atoms with E-state index in [0.29, 0.717) is 0 Å². The van der Waals surface area contributed by atoms with Gasteiger partial charge in [-0.15, -0.1) is 0 Å². The van der Waals surface area contributed by atoms with Crippen molar-refractivity contribution in [1.82, 2.24) is 0 Å². The van der Waals surface area contributed by atoms with Crippen molar-refractivity contribution in [1.29, 1.82) is 0 Å². The van der Waals surface area contributed by atoms with Gasteiger partial charge < -0.3 is 4.90 Å². The molecule has 0 atom stereocenters. The van der Waals surface area contributed by atoms with E-state index in [-0.39, 0.29) is 0 Å². The first kappa shape index (κ1) is 28.8. The standard InChI is InChI=1S/C48H33N/c1-3-14-34(15-4-1)37-28-30-41(31-29-37)49(42-21-13-20-39(33-42)35-16-5-2-6-17-35)48-46-25-12-10-23-44(46)43-22-9-11-24-45(43)47(48)40-27-26-36-18-7-8-19-38(36)32-40/h1-33H. The predicted molar refractivity (Wildman–Crippen MR) is 210 cm³/mol. The van der Waals surface area contributed by atoms with Gasteiger partial charge in [0.05, 0.1) is 5.69 Å². The summed E-state index contributed by atoms with van der Waals surface area (Å²) in [7, 11) is 0. The molecule has 230 valence electrons. The zero-order chi connectivity index (χ0) is 32.6. The summed E-state index contributed by atoms with van der Waals surface area (Å²) in [6.07, 6.45) is 0. The van der Waals surface area contributed by atoms with E-state index in [1.807, 2.05) is 0 Å². The van der Waals surface area contributed by atoms with Crippen LogP contribution in [0.1, 0.15) is 0 Å². The molecule has 0 aromatic heterocycles. The summed E-state index contributed by atoms with van der Waals surface area (Å²) in [6.45, 7) is 0. The summed E-state index contributed by atoms with van der Waals surface area (Å²) in [5.74, 6) is 0. The fraction of sp³-hybridized carbons (Fsp3) is 0. The van der Waals surface area contributed by atoms with Gasteiger partial charge in [0.15, 0.2) is 0 Å². The lowest BCUT2D eigenvalue weighted by Crippen LogP contribution is -2.12. The van der Waals surface area contributed by atoms with Crippen LogP contribution in [0.3, 0.4) is 0 Å². The third-order valence-corrected chi connectivity index (χ3v) is 9.61. The number of nitrogens with zero attached hydrogens (tertiary/aromatic N) is 1. The third kappa shape index (κ3) is 5.23. The normalized spacial score (nSPS) is 11.3. The van der Waals surface area contributed by atoms with Crippen molar-refractivity contribution in [3.63, 3.8) is 0 Å². The predicted octanol–water partition coefficient (Wildman–Crippen LogP) is 13.6. The summed E-state index contributed by atoms with van der Waals surface area (Å²) in [4.78, 5) is 2.47. The van der Waals surface area contributed by atoms with Gasteiger partial charge in [-0.25, -0.2) is 0 Å². The van der Waals surface area contributed by atoms with Gasteiger partial charge in [-0.1, -0.05) is 170 Å². The number of benzene rings is 9. The SMILES string of the molecule is c1ccc(-c2ccc(N(c3cccc(-c4ccccc4)c3)c3c(-c4ccc5ccccc5c4)c4ccccc4c4ccccc34)cc2)cc1. The van der Waals surface area contributed by atoms with Gasteiger partial charge in [-0.2, -0.15) is 0 Å². The molecule has 0 radical (unpaired) electrons. The van der Waals surface area contributed by atoms with E-state index < -0.39 is 0 Å². The highest BCUT2D eigenvalue weighted by Gasteiger charge is 2.24. The van der Waals surface area contributed by atoms with Crippen molar-refractivity contribution in [3.8, 4) is 33.4 Å². The molecule has 0 fully saturated rings.